The Balaban J connectivity index is 2.36. The van der Waals surface area contributed by atoms with Gasteiger partial charge in [-0.05, 0) is 0 Å². The van der Waals surface area contributed by atoms with E-state index in [2.05, 4.69) is 10.3 Å². The lowest BCUT2D eigenvalue weighted by molar-refractivity contribution is -0.422. The van der Waals surface area contributed by atoms with Crippen LogP contribution < -0.4 is 5.32 Å². The average molecular weight is 390 g/mol. The molecule has 1 aromatic heterocycles. The second kappa shape index (κ2) is 7.02. The molecular weight excluding hydrogens is 382 g/mol. The van der Waals surface area contributed by atoms with Crippen molar-refractivity contribution in [2.45, 2.75) is 6.54 Å². The van der Waals surface area contributed by atoms with E-state index in [4.69, 9.17) is 46.4 Å². The maximum absolute atomic E-state index is 11.2. The molecule has 0 atom stereocenters. The molecule has 114 valence electrons. The van der Waals surface area contributed by atoms with Gasteiger partial charge in [-0.2, -0.15) is 0 Å². The molecule has 0 bridgehead atoms. The van der Waals surface area contributed by atoms with E-state index in [0.29, 0.717) is 24.1 Å². The molecule has 0 aliphatic carbocycles. The van der Waals surface area contributed by atoms with Gasteiger partial charge in [-0.25, -0.2) is 4.98 Å². The first-order valence-electron chi connectivity index (χ1n) is 5.59. The summed E-state index contributed by atoms with van der Waals surface area (Å²) in [5, 5.41) is 13.9. The summed E-state index contributed by atoms with van der Waals surface area (Å²) in [5.41, 5.74) is -0.357. The summed E-state index contributed by atoms with van der Waals surface area (Å²) in [6, 6.07) is 0. The number of nitrogens with one attached hydrogen (secondary N) is 1. The summed E-state index contributed by atoms with van der Waals surface area (Å²) in [6.45, 7) is 1.55. The molecule has 0 saturated carbocycles. The maximum atomic E-state index is 11.2. The van der Waals surface area contributed by atoms with Crippen molar-refractivity contribution in [2.75, 3.05) is 13.1 Å². The highest BCUT2D eigenvalue weighted by molar-refractivity contribution is 7.15. The monoisotopic (exact) mass is 388 g/mol. The number of aromatic nitrogens is 1. The lowest BCUT2D eigenvalue weighted by atomic mass is 10.4. The summed E-state index contributed by atoms with van der Waals surface area (Å²) in [6.07, 6.45) is 1.63. The van der Waals surface area contributed by atoms with Gasteiger partial charge in [-0.1, -0.05) is 46.4 Å². The number of hydrogen-bond donors (Lipinski definition) is 1. The fourth-order valence-electron chi connectivity index (χ4n) is 1.83. The average Bonchev–Trinajstić information content (AvgIpc) is 3.00. The molecule has 1 fully saturated rings. The Morgan fingerprint density at radius 1 is 1.52 bits per heavy atom. The summed E-state index contributed by atoms with van der Waals surface area (Å²) >= 11 is 24.1. The molecule has 2 rings (SSSR count). The van der Waals surface area contributed by atoms with Crippen molar-refractivity contribution in [3.05, 3.63) is 46.7 Å². The van der Waals surface area contributed by atoms with Gasteiger partial charge in [0.2, 0.25) is 0 Å². The van der Waals surface area contributed by atoms with E-state index >= 15 is 0 Å². The zero-order valence-electron chi connectivity index (χ0n) is 10.3. The molecule has 21 heavy (non-hydrogen) atoms. The smallest absolute Gasteiger partial charge is 0.330 e. The lowest BCUT2D eigenvalue weighted by Gasteiger charge is -2.17. The van der Waals surface area contributed by atoms with Gasteiger partial charge in [-0.3, -0.25) is 10.1 Å². The van der Waals surface area contributed by atoms with Gasteiger partial charge in [0.15, 0.2) is 15.3 Å². The first kappa shape index (κ1) is 16.6. The van der Waals surface area contributed by atoms with Crippen LogP contribution in [0.4, 0.5) is 0 Å². The van der Waals surface area contributed by atoms with Crippen molar-refractivity contribution in [1.29, 1.82) is 0 Å². The summed E-state index contributed by atoms with van der Waals surface area (Å²) < 4.78 is 0.0595. The predicted molar refractivity (Wildman–Crippen MR) is 84.1 cm³/mol. The minimum Gasteiger partial charge on any atom is -0.364 e. The fourth-order valence-corrected chi connectivity index (χ4v) is 3.16. The first-order valence-corrected chi connectivity index (χ1v) is 7.91. The van der Waals surface area contributed by atoms with Crippen molar-refractivity contribution in [2.24, 2.45) is 0 Å². The van der Waals surface area contributed by atoms with Crippen LogP contribution in [0.5, 0.6) is 0 Å². The third kappa shape index (κ3) is 3.92. The van der Waals surface area contributed by atoms with Crippen molar-refractivity contribution >= 4 is 57.7 Å². The highest BCUT2D eigenvalue weighted by Gasteiger charge is 2.32. The summed E-state index contributed by atoms with van der Waals surface area (Å²) in [4.78, 5) is 17.2. The van der Waals surface area contributed by atoms with Gasteiger partial charge >= 0.3 is 5.70 Å². The Morgan fingerprint density at radius 2 is 2.24 bits per heavy atom. The van der Waals surface area contributed by atoms with Crippen LogP contribution >= 0.6 is 57.7 Å². The molecule has 0 spiro atoms. The minimum atomic E-state index is -0.618. The summed E-state index contributed by atoms with van der Waals surface area (Å²) in [5.74, 6) is 0.272. The van der Waals surface area contributed by atoms with Crippen molar-refractivity contribution in [1.82, 2.24) is 15.2 Å². The largest absolute Gasteiger partial charge is 0.364 e. The zero-order valence-corrected chi connectivity index (χ0v) is 14.1. The van der Waals surface area contributed by atoms with Gasteiger partial charge in [-0.15, -0.1) is 11.3 Å². The Hall–Kier alpha value is -0.730. The Kier molecular flexibility index (Phi) is 5.56. The molecule has 2 heterocycles. The van der Waals surface area contributed by atoms with Gasteiger partial charge in [0.1, 0.15) is 4.49 Å². The molecule has 0 aromatic carbocycles. The molecule has 1 N–H and O–H groups in total. The number of hydrogen-bond acceptors (Lipinski definition) is 6. The third-order valence-corrected chi connectivity index (χ3v) is 4.68. The first-order chi connectivity index (χ1) is 9.90. The van der Waals surface area contributed by atoms with Crippen LogP contribution in [0.1, 0.15) is 4.88 Å². The molecule has 6 nitrogen and oxygen atoms in total. The highest BCUT2D eigenvalue weighted by Crippen LogP contribution is 2.30. The number of nitro groups is 1. The van der Waals surface area contributed by atoms with Crippen LogP contribution in [0.25, 0.3) is 0 Å². The second-order valence-electron chi connectivity index (χ2n) is 3.96. The Bertz CT molecular complexity index is 626. The lowest BCUT2D eigenvalue weighted by Crippen LogP contribution is -2.23. The van der Waals surface area contributed by atoms with E-state index in [-0.39, 0.29) is 21.0 Å². The maximum Gasteiger partial charge on any atom is 0.330 e. The zero-order chi connectivity index (χ0) is 15.6. The van der Waals surface area contributed by atoms with Crippen LogP contribution in [-0.2, 0) is 6.54 Å². The molecule has 1 aliphatic heterocycles. The molecule has 0 radical (unpaired) electrons. The van der Waals surface area contributed by atoms with E-state index in [1.54, 1.807) is 11.1 Å². The second-order valence-corrected chi connectivity index (χ2v) is 6.98. The standard InChI is InChI=1S/C10H8Cl4N4O2S/c11-6(8(12)13)7(18(19)20)9-15-1-2-17(9)4-5-3-16-10(14)21-5/h3,15H,1-2,4H2/b9-7-. The molecule has 0 unspecified atom stereocenters. The van der Waals surface area contributed by atoms with E-state index in [1.165, 1.54) is 11.3 Å². The molecule has 11 heteroatoms. The fraction of sp³-hybridized carbons (Fsp3) is 0.300. The normalized spacial score (nSPS) is 16.7. The molecule has 1 aliphatic rings. The van der Waals surface area contributed by atoms with E-state index in [9.17, 15) is 10.1 Å². The number of thiazole rings is 1. The van der Waals surface area contributed by atoms with E-state index in [1.807, 2.05) is 0 Å². The van der Waals surface area contributed by atoms with Crippen LogP contribution in [-0.4, -0.2) is 27.9 Å². The van der Waals surface area contributed by atoms with Crippen molar-refractivity contribution in [3.8, 4) is 0 Å². The predicted octanol–water partition coefficient (Wildman–Crippen LogP) is 3.53. The van der Waals surface area contributed by atoms with Gasteiger partial charge < -0.3 is 10.2 Å². The number of halogens is 4. The molecule has 1 saturated heterocycles. The van der Waals surface area contributed by atoms with Crippen LogP contribution in [0, 0.1) is 10.1 Å². The topological polar surface area (TPSA) is 71.3 Å². The van der Waals surface area contributed by atoms with Crippen molar-refractivity contribution < 1.29 is 4.92 Å². The molecular formula is C10H8Cl4N4O2S. The van der Waals surface area contributed by atoms with Crippen molar-refractivity contribution in [3.63, 3.8) is 0 Å². The number of allylic oxidation sites excluding steroid dienone is 1. The number of nitrogens with zero attached hydrogens (tertiary/aromatic N) is 3. The molecule has 1 aromatic rings. The number of rotatable bonds is 4. The van der Waals surface area contributed by atoms with E-state index < -0.39 is 4.92 Å². The van der Waals surface area contributed by atoms with Crippen LogP contribution in [0.2, 0.25) is 4.47 Å². The Morgan fingerprint density at radius 3 is 2.76 bits per heavy atom. The van der Waals surface area contributed by atoms with Gasteiger partial charge in [0.05, 0.1) is 11.5 Å². The van der Waals surface area contributed by atoms with Crippen LogP contribution in [0.3, 0.4) is 0 Å². The third-order valence-electron chi connectivity index (χ3n) is 2.64. The van der Waals surface area contributed by atoms with E-state index in [0.717, 1.165) is 4.88 Å². The van der Waals surface area contributed by atoms with Gasteiger partial charge in [0.25, 0.3) is 0 Å². The SMILES string of the molecule is O=[N+]([O-])/C(C(Cl)=C(Cl)Cl)=C1/NCCN1Cc1cnc(Cl)s1. The Labute approximate surface area is 144 Å². The quantitative estimate of drug-likeness (QED) is 0.629. The molecule has 0 amide bonds. The van der Waals surface area contributed by atoms with Crippen LogP contribution in [0.15, 0.2) is 27.2 Å². The summed E-state index contributed by atoms with van der Waals surface area (Å²) in [7, 11) is 0. The van der Waals surface area contributed by atoms with Gasteiger partial charge in [0, 0.05) is 24.2 Å². The highest BCUT2D eigenvalue weighted by atomic mass is 35.5. The minimum absolute atomic E-state index is 0.272.